The first kappa shape index (κ1) is 18.3. The molecule has 0 atom stereocenters. The third-order valence-electron chi connectivity index (χ3n) is 1.77. The highest BCUT2D eigenvalue weighted by molar-refractivity contribution is 7.98. The SMILES string of the molecule is CCCCCC(=O)O.CSCCC(=O)C(=O)O. The number of rotatable bonds is 8. The summed E-state index contributed by atoms with van der Waals surface area (Å²) in [5.74, 6) is -2.13. The predicted octanol–water partition coefficient (Wildman–Crippen LogP) is 2.04. The molecule has 0 aromatic heterocycles. The summed E-state index contributed by atoms with van der Waals surface area (Å²) in [7, 11) is 0. The van der Waals surface area contributed by atoms with E-state index in [9.17, 15) is 14.4 Å². The molecular weight excluding hydrogens is 244 g/mol. The molecule has 5 nitrogen and oxygen atoms in total. The van der Waals surface area contributed by atoms with Crippen LogP contribution in [0.15, 0.2) is 0 Å². The number of carbonyl (C=O) groups excluding carboxylic acids is 1. The fraction of sp³-hybridized carbons (Fsp3) is 0.727. The zero-order chi connectivity index (χ0) is 13.7. The Morgan fingerprint density at radius 3 is 2.00 bits per heavy atom. The number of carboxylic acids is 2. The number of hydrogen-bond acceptors (Lipinski definition) is 4. The Bertz CT molecular complexity index is 240. The summed E-state index contributed by atoms with van der Waals surface area (Å²) in [6.45, 7) is 2.06. The summed E-state index contributed by atoms with van der Waals surface area (Å²) in [6.07, 6.45) is 5.24. The number of carbonyl (C=O) groups is 3. The van der Waals surface area contributed by atoms with E-state index in [1.54, 1.807) is 0 Å². The van der Waals surface area contributed by atoms with E-state index in [4.69, 9.17) is 10.2 Å². The number of unbranched alkanes of at least 4 members (excludes halogenated alkanes) is 2. The standard InChI is InChI=1S/C6H12O2.C5H8O3S/c1-2-3-4-5-6(7)8;1-9-3-2-4(6)5(7)8/h2-5H2,1H3,(H,7,8);2-3H2,1H3,(H,7,8). The molecule has 0 spiro atoms. The Morgan fingerprint density at radius 1 is 1.06 bits per heavy atom. The van der Waals surface area contributed by atoms with Crippen molar-refractivity contribution in [2.75, 3.05) is 12.0 Å². The van der Waals surface area contributed by atoms with Crippen molar-refractivity contribution in [3.8, 4) is 0 Å². The minimum atomic E-state index is -1.33. The lowest BCUT2D eigenvalue weighted by Gasteiger charge is -1.89. The van der Waals surface area contributed by atoms with Crippen molar-refractivity contribution in [2.45, 2.75) is 39.0 Å². The van der Waals surface area contributed by atoms with Gasteiger partial charge in [0.15, 0.2) is 0 Å². The van der Waals surface area contributed by atoms with Crippen molar-refractivity contribution in [3.05, 3.63) is 0 Å². The van der Waals surface area contributed by atoms with Gasteiger partial charge in [-0.3, -0.25) is 9.59 Å². The fourth-order valence-corrected chi connectivity index (χ4v) is 1.22. The van der Waals surface area contributed by atoms with Crippen LogP contribution in [-0.4, -0.2) is 39.9 Å². The van der Waals surface area contributed by atoms with Gasteiger partial charge in [-0.1, -0.05) is 19.8 Å². The van der Waals surface area contributed by atoms with Gasteiger partial charge in [-0.15, -0.1) is 0 Å². The van der Waals surface area contributed by atoms with Crippen LogP contribution in [0, 0.1) is 0 Å². The Kier molecular flexibility index (Phi) is 14.0. The van der Waals surface area contributed by atoms with Crippen LogP contribution in [0.3, 0.4) is 0 Å². The molecule has 0 aliphatic heterocycles. The molecule has 0 aromatic carbocycles. The molecule has 0 radical (unpaired) electrons. The molecule has 0 fully saturated rings. The lowest BCUT2D eigenvalue weighted by molar-refractivity contribution is -0.148. The second-order valence-electron chi connectivity index (χ2n) is 3.32. The number of aliphatic carboxylic acids is 2. The number of carboxylic acid groups (broad SMARTS) is 2. The molecule has 0 bridgehead atoms. The Labute approximate surface area is 106 Å². The number of Topliss-reactive ketones (excluding diaryl/α,β-unsaturated/α-hetero) is 1. The molecule has 100 valence electrons. The largest absolute Gasteiger partial charge is 0.481 e. The van der Waals surface area contributed by atoms with Crippen LogP contribution in [-0.2, 0) is 14.4 Å². The van der Waals surface area contributed by atoms with Crippen LogP contribution in [0.2, 0.25) is 0 Å². The molecule has 6 heteroatoms. The lowest BCUT2D eigenvalue weighted by Crippen LogP contribution is -2.12. The van der Waals surface area contributed by atoms with Crippen molar-refractivity contribution in [1.82, 2.24) is 0 Å². The predicted molar refractivity (Wildman–Crippen MR) is 67.4 cm³/mol. The zero-order valence-electron chi connectivity index (χ0n) is 10.3. The van der Waals surface area contributed by atoms with Crippen LogP contribution in [0.1, 0.15) is 39.0 Å². The van der Waals surface area contributed by atoms with Gasteiger partial charge in [-0.2, -0.15) is 11.8 Å². The molecule has 0 aliphatic carbocycles. The van der Waals surface area contributed by atoms with E-state index in [1.807, 2.05) is 6.26 Å². The van der Waals surface area contributed by atoms with E-state index in [2.05, 4.69) is 6.92 Å². The summed E-state index contributed by atoms with van der Waals surface area (Å²) < 4.78 is 0. The average molecular weight is 264 g/mol. The highest BCUT2D eigenvalue weighted by atomic mass is 32.2. The van der Waals surface area contributed by atoms with Gasteiger partial charge in [0.05, 0.1) is 0 Å². The van der Waals surface area contributed by atoms with Gasteiger partial charge in [-0.05, 0) is 12.7 Å². The van der Waals surface area contributed by atoms with Crippen molar-refractivity contribution in [2.24, 2.45) is 0 Å². The quantitative estimate of drug-likeness (QED) is 0.515. The number of thioether (sulfide) groups is 1. The Hall–Kier alpha value is -1.04. The van der Waals surface area contributed by atoms with Gasteiger partial charge >= 0.3 is 11.9 Å². The summed E-state index contributed by atoms with van der Waals surface area (Å²) in [4.78, 5) is 30.0. The van der Waals surface area contributed by atoms with Crippen molar-refractivity contribution in [1.29, 1.82) is 0 Å². The molecular formula is C11H20O5S. The van der Waals surface area contributed by atoms with E-state index < -0.39 is 17.7 Å². The zero-order valence-corrected chi connectivity index (χ0v) is 11.1. The van der Waals surface area contributed by atoms with Crippen LogP contribution in [0.5, 0.6) is 0 Å². The van der Waals surface area contributed by atoms with Crippen LogP contribution in [0.4, 0.5) is 0 Å². The molecule has 0 saturated heterocycles. The summed E-state index contributed by atoms with van der Waals surface area (Å²) >= 11 is 1.46. The molecule has 0 unspecified atom stereocenters. The first-order chi connectivity index (χ1) is 7.95. The molecule has 0 rings (SSSR count). The van der Waals surface area contributed by atoms with Gasteiger partial charge in [0, 0.05) is 18.6 Å². The molecule has 0 saturated carbocycles. The average Bonchev–Trinajstić information content (AvgIpc) is 2.26. The molecule has 0 heterocycles. The molecule has 0 aliphatic rings. The van der Waals surface area contributed by atoms with Crippen LogP contribution in [0.25, 0.3) is 0 Å². The third kappa shape index (κ3) is 17.6. The maximum Gasteiger partial charge on any atom is 0.372 e. The van der Waals surface area contributed by atoms with E-state index in [1.165, 1.54) is 11.8 Å². The minimum absolute atomic E-state index is 0.135. The lowest BCUT2D eigenvalue weighted by atomic mass is 10.2. The monoisotopic (exact) mass is 264 g/mol. The van der Waals surface area contributed by atoms with Gasteiger partial charge in [-0.25, -0.2) is 4.79 Å². The first-order valence-corrected chi connectivity index (χ1v) is 6.81. The molecule has 2 N–H and O–H groups in total. The van der Waals surface area contributed by atoms with E-state index in [0.717, 1.165) is 19.3 Å². The molecule has 17 heavy (non-hydrogen) atoms. The molecule has 0 amide bonds. The second-order valence-corrected chi connectivity index (χ2v) is 4.31. The van der Waals surface area contributed by atoms with Gasteiger partial charge in [0.25, 0.3) is 0 Å². The highest BCUT2D eigenvalue weighted by Crippen LogP contribution is 1.97. The second kappa shape index (κ2) is 13.0. The summed E-state index contributed by atoms with van der Waals surface area (Å²) in [6, 6.07) is 0. The fourth-order valence-electron chi connectivity index (χ4n) is 0.828. The van der Waals surface area contributed by atoms with Gasteiger partial charge in [0.1, 0.15) is 0 Å². The maximum absolute atomic E-state index is 10.3. The Morgan fingerprint density at radius 2 is 1.65 bits per heavy atom. The topological polar surface area (TPSA) is 91.7 Å². The number of hydrogen-bond donors (Lipinski definition) is 2. The maximum atomic E-state index is 10.3. The highest BCUT2D eigenvalue weighted by Gasteiger charge is 2.08. The van der Waals surface area contributed by atoms with Crippen molar-refractivity contribution >= 4 is 29.5 Å². The van der Waals surface area contributed by atoms with E-state index in [0.29, 0.717) is 12.2 Å². The first-order valence-electron chi connectivity index (χ1n) is 5.42. The van der Waals surface area contributed by atoms with Crippen LogP contribution >= 0.6 is 11.8 Å². The third-order valence-corrected chi connectivity index (χ3v) is 2.38. The smallest absolute Gasteiger partial charge is 0.372 e. The van der Waals surface area contributed by atoms with E-state index in [-0.39, 0.29) is 6.42 Å². The summed E-state index contributed by atoms with van der Waals surface area (Å²) in [5.41, 5.74) is 0. The van der Waals surface area contributed by atoms with Gasteiger partial charge < -0.3 is 10.2 Å². The van der Waals surface area contributed by atoms with Crippen molar-refractivity contribution in [3.63, 3.8) is 0 Å². The minimum Gasteiger partial charge on any atom is -0.481 e. The number of ketones is 1. The van der Waals surface area contributed by atoms with Gasteiger partial charge in [0.2, 0.25) is 5.78 Å². The van der Waals surface area contributed by atoms with E-state index >= 15 is 0 Å². The normalized spacial score (nSPS) is 9.06. The summed E-state index contributed by atoms with van der Waals surface area (Å²) in [5, 5.41) is 16.2. The van der Waals surface area contributed by atoms with Crippen LogP contribution < -0.4 is 0 Å². The van der Waals surface area contributed by atoms with Crippen molar-refractivity contribution < 1.29 is 24.6 Å². The molecule has 0 aromatic rings. The Balaban J connectivity index is 0.